The number of hydrogen-bond donors (Lipinski definition) is 1. The van der Waals surface area contributed by atoms with Crippen LogP contribution in [0.4, 0.5) is 0 Å². The quantitative estimate of drug-likeness (QED) is 0.823. The van der Waals surface area contributed by atoms with Crippen LogP contribution in [0.15, 0.2) is 34.9 Å². The number of aromatic hydroxyl groups is 1. The monoisotopic (exact) mass is 233 g/mol. The molecule has 2 aromatic rings. The van der Waals surface area contributed by atoms with Crippen LogP contribution in [0.5, 0.6) is 5.75 Å². The maximum atomic E-state index is 11.4. The topological polar surface area (TPSA) is 72.6 Å². The van der Waals surface area contributed by atoms with Gasteiger partial charge < -0.3 is 14.4 Å². The van der Waals surface area contributed by atoms with E-state index in [9.17, 15) is 9.90 Å². The fourth-order valence-electron chi connectivity index (χ4n) is 1.40. The third-order valence-corrected chi connectivity index (χ3v) is 2.18. The van der Waals surface area contributed by atoms with Crippen molar-refractivity contribution in [3.8, 4) is 17.0 Å². The van der Waals surface area contributed by atoms with Crippen LogP contribution in [0, 0.1) is 0 Å². The van der Waals surface area contributed by atoms with E-state index < -0.39 is 5.97 Å². The molecule has 0 aliphatic heterocycles. The molecule has 1 N–H and O–H groups in total. The molecular weight excluding hydrogens is 222 g/mol. The molecule has 17 heavy (non-hydrogen) atoms. The van der Waals surface area contributed by atoms with Gasteiger partial charge in [-0.2, -0.15) is 0 Å². The van der Waals surface area contributed by atoms with Crippen LogP contribution < -0.4 is 0 Å². The van der Waals surface area contributed by atoms with Gasteiger partial charge in [-0.15, -0.1) is 0 Å². The van der Waals surface area contributed by atoms with Crippen LogP contribution in [0.1, 0.15) is 17.5 Å². The van der Waals surface area contributed by atoms with Crippen molar-refractivity contribution in [3.05, 3.63) is 36.1 Å². The second-order valence-electron chi connectivity index (χ2n) is 3.30. The van der Waals surface area contributed by atoms with Gasteiger partial charge in [0.25, 0.3) is 5.76 Å². The first kappa shape index (κ1) is 11.2. The molecule has 1 aromatic heterocycles. The first-order chi connectivity index (χ1) is 8.24. The smallest absolute Gasteiger partial charge is 0.381 e. The number of nitrogens with zero attached hydrogens (tertiary/aromatic N) is 1. The zero-order valence-corrected chi connectivity index (χ0v) is 9.21. The summed E-state index contributed by atoms with van der Waals surface area (Å²) in [6, 6.07) is 8.95. The number of esters is 1. The van der Waals surface area contributed by atoms with Gasteiger partial charge in [-0.3, -0.25) is 0 Å². The average molecular weight is 233 g/mol. The molecule has 0 spiro atoms. The molecule has 0 amide bonds. The molecular formula is C12H11NO4. The van der Waals surface area contributed by atoms with Crippen molar-refractivity contribution >= 4 is 5.97 Å². The second-order valence-corrected chi connectivity index (χ2v) is 3.30. The van der Waals surface area contributed by atoms with E-state index in [1.165, 1.54) is 0 Å². The third kappa shape index (κ3) is 2.13. The van der Waals surface area contributed by atoms with Crippen molar-refractivity contribution in [3.63, 3.8) is 0 Å². The minimum Gasteiger partial charge on any atom is -0.502 e. The normalized spacial score (nSPS) is 10.2. The summed E-state index contributed by atoms with van der Waals surface area (Å²) in [5, 5.41) is 13.5. The Balaban J connectivity index is 2.37. The Morgan fingerprint density at radius 3 is 2.76 bits per heavy atom. The van der Waals surface area contributed by atoms with E-state index >= 15 is 0 Å². The molecule has 5 heteroatoms. The number of benzene rings is 1. The van der Waals surface area contributed by atoms with Crippen molar-refractivity contribution in [2.75, 3.05) is 6.61 Å². The number of carbonyl (C=O) groups excluding carboxylic acids is 1. The largest absolute Gasteiger partial charge is 0.502 e. The highest BCUT2D eigenvalue weighted by atomic mass is 16.6. The van der Waals surface area contributed by atoms with Gasteiger partial charge in [0.1, 0.15) is 0 Å². The Kier molecular flexibility index (Phi) is 3.09. The lowest BCUT2D eigenvalue weighted by molar-refractivity contribution is 0.0475. The first-order valence-corrected chi connectivity index (χ1v) is 5.15. The van der Waals surface area contributed by atoms with E-state index in [2.05, 4.69) is 5.16 Å². The maximum Gasteiger partial charge on any atom is 0.381 e. The Morgan fingerprint density at radius 2 is 2.12 bits per heavy atom. The molecule has 0 bridgehead atoms. The summed E-state index contributed by atoms with van der Waals surface area (Å²) in [6.45, 7) is 1.88. The third-order valence-electron chi connectivity index (χ3n) is 2.18. The van der Waals surface area contributed by atoms with Crippen LogP contribution in [0.25, 0.3) is 11.3 Å². The molecule has 0 unspecified atom stereocenters. The summed E-state index contributed by atoms with van der Waals surface area (Å²) in [6.07, 6.45) is 0. The SMILES string of the molecule is CCOC(=O)c1onc(-c2ccccc2)c1O. The average Bonchev–Trinajstić information content (AvgIpc) is 2.72. The summed E-state index contributed by atoms with van der Waals surface area (Å²) < 4.78 is 9.51. The summed E-state index contributed by atoms with van der Waals surface area (Å²) in [5.41, 5.74) is 0.901. The van der Waals surface area contributed by atoms with E-state index in [1.54, 1.807) is 31.2 Å². The lowest BCUT2D eigenvalue weighted by atomic mass is 10.1. The first-order valence-electron chi connectivity index (χ1n) is 5.15. The number of hydrogen-bond acceptors (Lipinski definition) is 5. The lowest BCUT2D eigenvalue weighted by Gasteiger charge is -1.97. The predicted octanol–water partition coefficient (Wildman–Crippen LogP) is 2.22. The molecule has 0 saturated carbocycles. The molecule has 0 saturated heterocycles. The van der Waals surface area contributed by atoms with Gasteiger partial charge in [0.15, 0.2) is 11.4 Å². The minimum atomic E-state index is -0.723. The van der Waals surface area contributed by atoms with Crippen LogP contribution in [0.2, 0.25) is 0 Å². The van der Waals surface area contributed by atoms with Gasteiger partial charge in [-0.1, -0.05) is 35.5 Å². The predicted molar refractivity (Wildman–Crippen MR) is 59.6 cm³/mol. The Morgan fingerprint density at radius 1 is 1.41 bits per heavy atom. The molecule has 0 fully saturated rings. The Labute approximate surface area is 97.6 Å². The lowest BCUT2D eigenvalue weighted by Crippen LogP contribution is -2.03. The van der Waals surface area contributed by atoms with E-state index in [0.29, 0.717) is 5.56 Å². The summed E-state index contributed by atoms with van der Waals surface area (Å²) >= 11 is 0. The molecule has 5 nitrogen and oxygen atoms in total. The summed E-state index contributed by atoms with van der Waals surface area (Å²) in [7, 11) is 0. The van der Waals surface area contributed by atoms with Gasteiger partial charge in [-0.25, -0.2) is 4.79 Å². The number of ether oxygens (including phenoxy) is 1. The standard InChI is InChI=1S/C12H11NO4/c1-2-16-12(15)11-10(14)9(13-17-11)8-6-4-3-5-7-8/h3-7,14H,2H2,1H3. The number of aromatic nitrogens is 1. The van der Waals surface area contributed by atoms with E-state index in [1.807, 2.05) is 6.07 Å². The Hall–Kier alpha value is -2.30. The molecule has 1 aromatic carbocycles. The minimum absolute atomic E-state index is 0.208. The summed E-state index contributed by atoms with van der Waals surface area (Å²) in [5.74, 6) is -1.29. The molecule has 88 valence electrons. The van der Waals surface area contributed by atoms with Gasteiger partial charge >= 0.3 is 5.97 Å². The summed E-state index contributed by atoms with van der Waals surface area (Å²) in [4.78, 5) is 11.4. The van der Waals surface area contributed by atoms with Gasteiger partial charge in [-0.05, 0) is 6.92 Å². The zero-order valence-electron chi connectivity index (χ0n) is 9.21. The highest BCUT2D eigenvalue weighted by Gasteiger charge is 2.23. The van der Waals surface area contributed by atoms with Crippen molar-refractivity contribution in [2.24, 2.45) is 0 Å². The van der Waals surface area contributed by atoms with Crippen molar-refractivity contribution in [2.45, 2.75) is 6.92 Å². The van der Waals surface area contributed by atoms with Crippen LogP contribution in [-0.2, 0) is 4.74 Å². The van der Waals surface area contributed by atoms with Crippen LogP contribution >= 0.6 is 0 Å². The van der Waals surface area contributed by atoms with E-state index in [-0.39, 0.29) is 23.8 Å². The fourth-order valence-corrected chi connectivity index (χ4v) is 1.40. The highest BCUT2D eigenvalue weighted by Crippen LogP contribution is 2.31. The fraction of sp³-hybridized carbons (Fsp3) is 0.167. The van der Waals surface area contributed by atoms with Crippen molar-refractivity contribution in [1.29, 1.82) is 0 Å². The van der Waals surface area contributed by atoms with Gasteiger partial charge in [0.2, 0.25) is 0 Å². The molecule has 0 radical (unpaired) electrons. The maximum absolute atomic E-state index is 11.4. The zero-order chi connectivity index (χ0) is 12.3. The molecule has 0 atom stereocenters. The molecule has 0 aliphatic rings. The number of rotatable bonds is 3. The van der Waals surface area contributed by atoms with Crippen molar-refractivity contribution in [1.82, 2.24) is 5.16 Å². The second kappa shape index (κ2) is 4.69. The van der Waals surface area contributed by atoms with Crippen molar-refractivity contribution < 1.29 is 19.2 Å². The van der Waals surface area contributed by atoms with Gasteiger partial charge in [0.05, 0.1) is 6.61 Å². The van der Waals surface area contributed by atoms with Crippen LogP contribution in [-0.4, -0.2) is 22.8 Å². The molecule has 0 aliphatic carbocycles. The molecule has 2 rings (SSSR count). The van der Waals surface area contributed by atoms with E-state index in [4.69, 9.17) is 9.26 Å². The number of carbonyl (C=O) groups is 1. The van der Waals surface area contributed by atoms with Crippen LogP contribution in [0.3, 0.4) is 0 Å². The highest BCUT2D eigenvalue weighted by molar-refractivity contribution is 5.91. The van der Waals surface area contributed by atoms with E-state index in [0.717, 1.165) is 0 Å². The molecule has 1 heterocycles. The van der Waals surface area contributed by atoms with Gasteiger partial charge in [0, 0.05) is 5.56 Å². The Bertz CT molecular complexity index is 519.